The number of carbonyl (C=O) groups excluding carboxylic acids is 1. The van der Waals surface area contributed by atoms with Crippen LogP contribution in [0.1, 0.15) is 22.3 Å². The van der Waals surface area contributed by atoms with Crippen LogP contribution in [0, 0.1) is 6.92 Å². The van der Waals surface area contributed by atoms with Crippen LogP contribution >= 0.6 is 0 Å². The number of rotatable bonds is 1. The van der Waals surface area contributed by atoms with E-state index in [0.29, 0.717) is 24.2 Å². The van der Waals surface area contributed by atoms with Gasteiger partial charge in [0.1, 0.15) is 0 Å². The molecule has 0 spiro atoms. The average molecular weight is 282 g/mol. The third-order valence-corrected chi connectivity index (χ3v) is 5.00. The number of benzene rings is 1. The lowest BCUT2D eigenvalue weighted by molar-refractivity contribution is 0.0769. The summed E-state index contributed by atoms with van der Waals surface area (Å²) in [6.45, 7) is 2.60. The number of hydrogen-bond acceptors (Lipinski definition) is 4. The van der Waals surface area contributed by atoms with Crippen molar-refractivity contribution in [1.82, 2.24) is 4.90 Å². The van der Waals surface area contributed by atoms with Crippen molar-refractivity contribution in [3.05, 3.63) is 29.3 Å². The summed E-state index contributed by atoms with van der Waals surface area (Å²) in [6.07, 6.45) is 0.486. The van der Waals surface area contributed by atoms with Crippen LogP contribution in [0.15, 0.2) is 18.2 Å². The summed E-state index contributed by atoms with van der Waals surface area (Å²) in [5, 5.41) is 0. The molecule has 1 aromatic rings. The minimum Gasteiger partial charge on any atom is -0.398 e. The van der Waals surface area contributed by atoms with E-state index in [2.05, 4.69) is 0 Å². The van der Waals surface area contributed by atoms with Crippen LogP contribution < -0.4 is 5.73 Å². The van der Waals surface area contributed by atoms with Gasteiger partial charge in [-0.3, -0.25) is 4.79 Å². The molecule has 0 aromatic heterocycles. The third-order valence-electron chi connectivity index (χ3n) is 3.28. The van der Waals surface area contributed by atoms with Crippen LogP contribution in [0.4, 0.5) is 5.69 Å². The molecule has 1 saturated heterocycles. The molecule has 2 rings (SSSR count). The number of nitrogens with two attached hydrogens (primary N) is 1. The van der Waals surface area contributed by atoms with E-state index >= 15 is 0 Å². The average Bonchev–Trinajstić information content (AvgIpc) is 2.52. The lowest BCUT2D eigenvalue weighted by Gasteiger charge is -2.20. The maximum Gasteiger partial charge on any atom is 0.255 e. The van der Waals surface area contributed by atoms with Crippen LogP contribution in [0.5, 0.6) is 0 Å². The monoisotopic (exact) mass is 282 g/mol. The van der Waals surface area contributed by atoms with E-state index in [0.717, 1.165) is 5.56 Å². The first-order valence-electron chi connectivity index (χ1n) is 6.25. The number of nitrogens with zero attached hydrogens (tertiary/aromatic N) is 1. The number of carbonyl (C=O) groups is 1. The number of amides is 1. The SMILES string of the molecule is Cc1ccc(N)c(C(=O)N2CCCS(=O)(=O)CC2)c1. The fraction of sp³-hybridized carbons (Fsp3) is 0.462. The molecule has 6 heteroatoms. The summed E-state index contributed by atoms with van der Waals surface area (Å²) in [5.41, 5.74) is 7.67. The molecule has 1 amide bonds. The lowest BCUT2D eigenvalue weighted by atomic mass is 10.1. The molecule has 1 heterocycles. The van der Waals surface area contributed by atoms with Gasteiger partial charge in [0.25, 0.3) is 5.91 Å². The van der Waals surface area contributed by atoms with Crippen molar-refractivity contribution >= 4 is 21.4 Å². The molecule has 1 fully saturated rings. The molecule has 0 atom stereocenters. The molecule has 0 aliphatic carbocycles. The summed E-state index contributed by atoms with van der Waals surface area (Å²) in [7, 11) is -3.01. The summed E-state index contributed by atoms with van der Waals surface area (Å²) < 4.78 is 23.1. The Morgan fingerprint density at radius 1 is 1.26 bits per heavy atom. The molecule has 0 bridgehead atoms. The van der Waals surface area contributed by atoms with Gasteiger partial charge in [0.15, 0.2) is 9.84 Å². The van der Waals surface area contributed by atoms with Crippen LogP contribution in [0.3, 0.4) is 0 Å². The Morgan fingerprint density at radius 2 is 2.00 bits per heavy atom. The van der Waals surface area contributed by atoms with Crippen LogP contribution in [-0.4, -0.2) is 43.8 Å². The minimum absolute atomic E-state index is 0.0322. The smallest absolute Gasteiger partial charge is 0.255 e. The molecule has 19 heavy (non-hydrogen) atoms. The molecular formula is C13H18N2O3S. The molecule has 0 radical (unpaired) electrons. The van der Waals surface area contributed by atoms with Gasteiger partial charge in [0.05, 0.1) is 17.1 Å². The van der Waals surface area contributed by atoms with Crippen molar-refractivity contribution in [2.24, 2.45) is 0 Å². The van der Waals surface area contributed by atoms with E-state index in [4.69, 9.17) is 5.73 Å². The van der Waals surface area contributed by atoms with E-state index < -0.39 is 9.84 Å². The molecule has 1 aliphatic rings. The molecule has 104 valence electrons. The van der Waals surface area contributed by atoms with Crippen molar-refractivity contribution in [3.63, 3.8) is 0 Å². The summed E-state index contributed by atoms with van der Waals surface area (Å²) in [6, 6.07) is 5.30. The third kappa shape index (κ3) is 3.26. The Morgan fingerprint density at radius 3 is 2.74 bits per heavy atom. The van der Waals surface area contributed by atoms with Gasteiger partial charge in [0, 0.05) is 18.8 Å². The summed E-state index contributed by atoms with van der Waals surface area (Å²) in [4.78, 5) is 14.0. The van der Waals surface area contributed by atoms with Gasteiger partial charge in [-0.1, -0.05) is 11.6 Å². The molecule has 1 aliphatic heterocycles. The van der Waals surface area contributed by atoms with Crippen molar-refractivity contribution in [2.75, 3.05) is 30.3 Å². The van der Waals surface area contributed by atoms with E-state index in [1.54, 1.807) is 17.0 Å². The second-order valence-corrected chi connectivity index (χ2v) is 7.19. The summed E-state index contributed by atoms with van der Waals surface area (Å²) >= 11 is 0. The van der Waals surface area contributed by atoms with Crippen molar-refractivity contribution in [3.8, 4) is 0 Å². The van der Waals surface area contributed by atoms with Crippen LogP contribution in [0.25, 0.3) is 0 Å². The van der Waals surface area contributed by atoms with Crippen LogP contribution in [0.2, 0.25) is 0 Å². The summed E-state index contributed by atoms with van der Waals surface area (Å²) in [5.74, 6) is 0.00293. The first kappa shape index (κ1) is 13.9. The second kappa shape index (κ2) is 5.21. The Balaban J connectivity index is 2.22. The van der Waals surface area contributed by atoms with Crippen molar-refractivity contribution < 1.29 is 13.2 Å². The van der Waals surface area contributed by atoms with Gasteiger partial charge in [-0.05, 0) is 25.5 Å². The number of sulfone groups is 1. The first-order chi connectivity index (χ1) is 8.89. The highest BCUT2D eigenvalue weighted by atomic mass is 32.2. The molecule has 5 nitrogen and oxygen atoms in total. The number of nitrogen functional groups attached to an aromatic ring is 1. The van der Waals surface area contributed by atoms with Crippen LogP contribution in [-0.2, 0) is 9.84 Å². The van der Waals surface area contributed by atoms with Gasteiger partial charge in [-0.25, -0.2) is 8.42 Å². The van der Waals surface area contributed by atoms with Gasteiger partial charge in [-0.15, -0.1) is 0 Å². The Bertz CT molecular complexity index is 596. The van der Waals surface area contributed by atoms with Gasteiger partial charge < -0.3 is 10.6 Å². The van der Waals surface area contributed by atoms with E-state index in [1.807, 2.05) is 13.0 Å². The predicted molar refractivity (Wildman–Crippen MR) is 74.8 cm³/mol. The highest BCUT2D eigenvalue weighted by Gasteiger charge is 2.24. The number of hydrogen-bond donors (Lipinski definition) is 1. The molecule has 0 saturated carbocycles. The quantitative estimate of drug-likeness (QED) is 0.774. The molecule has 2 N–H and O–H groups in total. The lowest BCUT2D eigenvalue weighted by Crippen LogP contribution is -2.34. The molecule has 1 aromatic carbocycles. The fourth-order valence-electron chi connectivity index (χ4n) is 2.17. The maximum absolute atomic E-state index is 12.4. The molecular weight excluding hydrogens is 264 g/mol. The van der Waals surface area contributed by atoms with Gasteiger partial charge >= 0.3 is 0 Å². The van der Waals surface area contributed by atoms with Crippen molar-refractivity contribution in [2.45, 2.75) is 13.3 Å². The highest BCUT2D eigenvalue weighted by molar-refractivity contribution is 7.91. The maximum atomic E-state index is 12.4. The first-order valence-corrected chi connectivity index (χ1v) is 8.07. The highest BCUT2D eigenvalue weighted by Crippen LogP contribution is 2.17. The Hall–Kier alpha value is -1.56. The minimum atomic E-state index is -3.01. The zero-order valence-electron chi connectivity index (χ0n) is 10.9. The fourth-order valence-corrected chi connectivity index (χ4v) is 3.44. The second-order valence-electron chi connectivity index (χ2n) is 4.89. The zero-order chi connectivity index (χ0) is 14.0. The Kier molecular flexibility index (Phi) is 3.80. The number of aryl methyl sites for hydroxylation is 1. The van der Waals surface area contributed by atoms with Crippen molar-refractivity contribution in [1.29, 1.82) is 0 Å². The largest absolute Gasteiger partial charge is 0.398 e. The normalized spacial score (nSPS) is 18.9. The Labute approximate surface area is 113 Å². The van der Waals surface area contributed by atoms with E-state index in [-0.39, 0.29) is 24.0 Å². The topological polar surface area (TPSA) is 80.5 Å². The van der Waals surface area contributed by atoms with E-state index in [9.17, 15) is 13.2 Å². The number of anilines is 1. The molecule has 0 unspecified atom stereocenters. The standard InChI is InChI=1S/C13H18N2O3S/c1-10-3-4-12(14)11(9-10)13(16)15-5-2-7-19(17,18)8-6-15/h3-4,9H,2,5-8,14H2,1H3. The van der Waals surface area contributed by atoms with E-state index in [1.165, 1.54) is 0 Å². The van der Waals surface area contributed by atoms with Gasteiger partial charge in [-0.2, -0.15) is 0 Å². The zero-order valence-corrected chi connectivity index (χ0v) is 11.7. The van der Waals surface area contributed by atoms with Gasteiger partial charge in [0.2, 0.25) is 0 Å². The predicted octanol–water partition coefficient (Wildman–Crippen LogP) is 0.838.